The molecule has 98 valence electrons. The summed E-state index contributed by atoms with van der Waals surface area (Å²) >= 11 is 6.12. The maximum atomic E-state index is 6.12. The number of halogens is 1. The van der Waals surface area contributed by atoms with Crippen LogP contribution in [0.4, 0.5) is 5.69 Å². The first-order valence-electron chi connectivity index (χ1n) is 6.47. The van der Waals surface area contributed by atoms with E-state index in [1.54, 1.807) is 0 Å². The number of rotatable bonds is 3. The van der Waals surface area contributed by atoms with Crippen LogP contribution in [-0.2, 0) is 13.0 Å². The number of hydrogen-bond acceptors (Lipinski definition) is 2. The van der Waals surface area contributed by atoms with Gasteiger partial charge in [0.15, 0.2) is 0 Å². The van der Waals surface area contributed by atoms with Crippen LogP contribution in [0.3, 0.4) is 0 Å². The summed E-state index contributed by atoms with van der Waals surface area (Å²) in [6.45, 7) is 3.61. The first-order chi connectivity index (χ1) is 9.22. The van der Waals surface area contributed by atoms with Crippen LogP contribution >= 0.6 is 11.6 Å². The fraction of sp³-hybridized carbons (Fsp3) is 0.250. The maximum absolute atomic E-state index is 6.12. The van der Waals surface area contributed by atoms with Crippen molar-refractivity contribution in [1.82, 2.24) is 0 Å². The zero-order chi connectivity index (χ0) is 13.2. The number of fused-ring (bicyclic) bond motifs is 1. The Hall–Kier alpha value is -1.67. The Labute approximate surface area is 118 Å². The van der Waals surface area contributed by atoms with Gasteiger partial charge in [0.2, 0.25) is 0 Å². The van der Waals surface area contributed by atoms with E-state index >= 15 is 0 Å². The van der Waals surface area contributed by atoms with Crippen molar-refractivity contribution in [3.63, 3.8) is 0 Å². The van der Waals surface area contributed by atoms with Crippen molar-refractivity contribution in [2.24, 2.45) is 0 Å². The van der Waals surface area contributed by atoms with Crippen LogP contribution in [0.2, 0.25) is 5.02 Å². The van der Waals surface area contributed by atoms with Gasteiger partial charge in [-0.25, -0.2) is 0 Å². The minimum atomic E-state index is 0.798. The van der Waals surface area contributed by atoms with Gasteiger partial charge in [-0.05, 0) is 41.8 Å². The summed E-state index contributed by atoms with van der Waals surface area (Å²) in [4.78, 5) is 0. The molecule has 2 nitrogen and oxygen atoms in total. The van der Waals surface area contributed by atoms with E-state index < -0.39 is 0 Å². The van der Waals surface area contributed by atoms with Crippen molar-refractivity contribution < 1.29 is 4.74 Å². The van der Waals surface area contributed by atoms with Crippen molar-refractivity contribution in [3.8, 4) is 5.75 Å². The molecule has 0 amide bonds. The smallest absolute Gasteiger partial charge is 0.122 e. The Kier molecular flexibility index (Phi) is 3.34. The molecule has 0 unspecified atom stereocenters. The Morgan fingerprint density at radius 2 is 2.11 bits per heavy atom. The Bertz CT molecular complexity index is 610. The van der Waals surface area contributed by atoms with Crippen LogP contribution in [0.25, 0.3) is 0 Å². The predicted molar refractivity (Wildman–Crippen MR) is 79.2 cm³/mol. The molecule has 0 fully saturated rings. The van der Waals surface area contributed by atoms with Gasteiger partial charge in [-0.15, -0.1) is 0 Å². The van der Waals surface area contributed by atoms with E-state index in [4.69, 9.17) is 16.3 Å². The number of anilines is 1. The van der Waals surface area contributed by atoms with E-state index in [0.717, 1.165) is 41.6 Å². The predicted octanol–water partition coefficient (Wildman–Crippen LogP) is 4.20. The lowest BCUT2D eigenvalue weighted by Gasteiger charge is -2.09. The molecule has 2 aromatic carbocycles. The highest BCUT2D eigenvalue weighted by molar-refractivity contribution is 6.31. The van der Waals surface area contributed by atoms with E-state index in [2.05, 4.69) is 29.6 Å². The van der Waals surface area contributed by atoms with Gasteiger partial charge in [-0.1, -0.05) is 29.8 Å². The number of aryl methyl sites for hydroxylation is 1. The highest BCUT2D eigenvalue weighted by Gasteiger charge is 2.11. The fourth-order valence-corrected chi connectivity index (χ4v) is 2.44. The molecule has 1 heterocycles. The minimum absolute atomic E-state index is 0.798. The normalized spacial score (nSPS) is 12.9. The highest BCUT2D eigenvalue weighted by Crippen LogP contribution is 2.26. The van der Waals surface area contributed by atoms with E-state index in [-0.39, 0.29) is 0 Å². The van der Waals surface area contributed by atoms with Crippen LogP contribution < -0.4 is 10.1 Å². The van der Waals surface area contributed by atoms with Gasteiger partial charge in [0.25, 0.3) is 0 Å². The van der Waals surface area contributed by atoms with Crippen LogP contribution in [0.5, 0.6) is 5.75 Å². The summed E-state index contributed by atoms with van der Waals surface area (Å²) in [7, 11) is 0. The summed E-state index contributed by atoms with van der Waals surface area (Å²) in [5.41, 5.74) is 4.72. The molecular weight excluding hydrogens is 258 g/mol. The van der Waals surface area contributed by atoms with E-state index in [0.29, 0.717) is 0 Å². The first-order valence-corrected chi connectivity index (χ1v) is 6.85. The first kappa shape index (κ1) is 12.4. The lowest BCUT2D eigenvalue weighted by molar-refractivity contribution is 0.357. The Morgan fingerprint density at radius 1 is 1.21 bits per heavy atom. The molecule has 0 saturated heterocycles. The summed E-state index contributed by atoms with van der Waals surface area (Å²) < 4.78 is 5.51. The van der Waals surface area contributed by atoms with Gasteiger partial charge in [0.1, 0.15) is 5.75 Å². The average molecular weight is 274 g/mol. The second-order valence-electron chi connectivity index (χ2n) is 4.86. The molecule has 0 saturated carbocycles. The number of nitrogens with one attached hydrogen (secondary N) is 1. The van der Waals surface area contributed by atoms with Crippen molar-refractivity contribution >= 4 is 17.3 Å². The lowest BCUT2D eigenvalue weighted by atomic mass is 10.1. The van der Waals surface area contributed by atoms with E-state index in [1.165, 1.54) is 11.1 Å². The molecule has 0 spiro atoms. The Balaban J connectivity index is 1.70. The molecule has 1 aliphatic rings. The molecule has 0 atom stereocenters. The van der Waals surface area contributed by atoms with E-state index in [9.17, 15) is 0 Å². The molecule has 3 heteroatoms. The molecular formula is C16H16ClNO. The van der Waals surface area contributed by atoms with Gasteiger partial charge in [0.05, 0.1) is 6.61 Å². The van der Waals surface area contributed by atoms with Crippen molar-refractivity contribution in [2.45, 2.75) is 19.9 Å². The fourth-order valence-electron chi connectivity index (χ4n) is 2.26. The number of ether oxygens (including phenoxy) is 1. The van der Waals surface area contributed by atoms with Gasteiger partial charge in [-0.3, -0.25) is 0 Å². The highest BCUT2D eigenvalue weighted by atomic mass is 35.5. The van der Waals surface area contributed by atoms with Gasteiger partial charge in [-0.2, -0.15) is 0 Å². The second kappa shape index (κ2) is 5.14. The quantitative estimate of drug-likeness (QED) is 0.905. The van der Waals surface area contributed by atoms with E-state index in [1.807, 2.05) is 19.1 Å². The lowest BCUT2D eigenvalue weighted by Crippen LogP contribution is -1.99. The largest absolute Gasteiger partial charge is 0.493 e. The summed E-state index contributed by atoms with van der Waals surface area (Å²) in [5.74, 6) is 1.03. The molecule has 19 heavy (non-hydrogen) atoms. The molecule has 3 rings (SSSR count). The SMILES string of the molecule is Cc1ccc(NCc2ccc3c(c2)CCO3)cc1Cl. The summed E-state index contributed by atoms with van der Waals surface area (Å²) in [6.07, 6.45) is 1.01. The van der Waals surface area contributed by atoms with Crippen LogP contribution in [-0.4, -0.2) is 6.61 Å². The van der Waals surface area contributed by atoms with Gasteiger partial charge >= 0.3 is 0 Å². The molecule has 1 N–H and O–H groups in total. The molecule has 0 radical (unpaired) electrons. The number of benzene rings is 2. The number of hydrogen-bond donors (Lipinski definition) is 1. The Morgan fingerprint density at radius 3 is 2.95 bits per heavy atom. The standard InChI is InChI=1S/C16H16ClNO/c1-11-2-4-14(9-15(11)17)18-10-12-3-5-16-13(8-12)6-7-19-16/h2-5,8-9,18H,6-7,10H2,1H3. The van der Waals surface area contributed by atoms with Gasteiger partial charge < -0.3 is 10.1 Å². The maximum Gasteiger partial charge on any atom is 0.122 e. The third kappa shape index (κ3) is 2.69. The molecule has 0 aliphatic carbocycles. The second-order valence-corrected chi connectivity index (χ2v) is 5.27. The summed E-state index contributed by atoms with van der Waals surface area (Å²) in [6, 6.07) is 12.4. The molecule has 1 aliphatic heterocycles. The molecule has 2 aromatic rings. The van der Waals surface area contributed by atoms with Gasteiger partial charge in [0, 0.05) is 23.7 Å². The van der Waals surface area contributed by atoms with Crippen molar-refractivity contribution in [2.75, 3.05) is 11.9 Å². The van der Waals surface area contributed by atoms with Crippen LogP contribution in [0.1, 0.15) is 16.7 Å². The summed E-state index contributed by atoms with van der Waals surface area (Å²) in [5, 5.41) is 4.19. The van der Waals surface area contributed by atoms with Crippen LogP contribution in [0, 0.1) is 6.92 Å². The molecule has 0 aromatic heterocycles. The van der Waals surface area contributed by atoms with Crippen molar-refractivity contribution in [1.29, 1.82) is 0 Å². The van der Waals surface area contributed by atoms with Crippen molar-refractivity contribution in [3.05, 3.63) is 58.1 Å². The zero-order valence-electron chi connectivity index (χ0n) is 10.9. The topological polar surface area (TPSA) is 21.3 Å². The minimum Gasteiger partial charge on any atom is -0.493 e. The third-order valence-corrected chi connectivity index (χ3v) is 3.83. The van der Waals surface area contributed by atoms with Crippen LogP contribution in [0.15, 0.2) is 36.4 Å². The third-order valence-electron chi connectivity index (χ3n) is 3.42. The molecule has 0 bridgehead atoms. The monoisotopic (exact) mass is 273 g/mol. The zero-order valence-corrected chi connectivity index (χ0v) is 11.6. The average Bonchev–Trinajstić information content (AvgIpc) is 2.87.